The Balaban J connectivity index is 0.00000242. The number of nitrogens with zero attached hydrogens (tertiary/aromatic N) is 1. The van der Waals surface area contributed by atoms with Gasteiger partial charge in [0.05, 0.1) is 17.1 Å². The highest BCUT2D eigenvalue weighted by atomic mass is 35.5. The summed E-state index contributed by atoms with van der Waals surface area (Å²) in [6.45, 7) is 4.66. The number of aromatic nitrogens is 2. The molecular formula is C16H25ClN4O. The van der Waals surface area contributed by atoms with Gasteiger partial charge in [0.1, 0.15) is 5.82 Å². The molecule has 0 spiro atoms. The number of halogens is 1. The van der Waals surface area contributed by atoms with Gasteiger partial charge in [-0.15, -0.1) is 12.4 Å². The van der Waals surface area contributed by atoms with Crippen molar-refractivity contribution in [2.45, 2.75) is 39.2 Å². The van der Waals surface area contributed by atoms with Crippen molar-refractivity contribution in [2.24, 2.45) is 11.7 Å². The van der Waals surface area contributed by atoms with Crippen molar-refractivity contribution in [3.05, 3.63) is 30.1 Å². The Morgan fingerprint density at radius 1 is 1.41 bits per heavy atom. The van der Waals surface area contributed by atoms with E-state index >= 15 is 0 Å². The second-order valence-electron chi connectivity index (χ2n) is 5.51. The van der Waals surface area contributed by atoms with E-state index in [9.17, 15) is 4.79 Å². The summed E-state index contributed by atoms with van der Waals surface area (Å²) in [6.07, 6.45) is 2.57. The zero-order valence-corrected chi connectivity index (χ0v) is 14.0. The maximum atomic E-state index is 11.8. The van der Waals surface area contributed by atoms with Gasteiger partial charge in [0.25, 0.3) is 0 Å². The van der Waals surface area contributed by atoms with Gasteiger partial charge >= 0.3 is 0 Å². The van der Waals surface area contributed by atoms with Crippen molar-refractivity contribution in [1.82, 2.24) is 15.3 Å². The average Bonchev–Trinajstić information content (AvgIpc) is 2.92. The number of aromatic amines is 1. The lowest BCUT2D eigenvalue weighted by atomic mass is 9.99. The van der Waals surface area contributed by atoms with Gasteiger partial charge in [-0.2, -0.15) is 0 Å². The van der Waals surface area contributed by atoms with Crippen LogP contribution in [0.15, 0.2) is 24.3 Å². The Bertz CT molecular complexity index is 566. The van der Waals surface area contributed by atoms with Crippen LogP contribution in [0, 0.1) is 5.92 Å². The smallest absolute Gasteiger partial charge is 0.237 e. The summed E-state index contributed by atoms with van der Waals surface area (Å²) in [5.74, 6) is 1.10. The molecule has 0 saturated heterocycles. The molecule has 2 atom stereocenters. The molecule has 0 aliphatic carbocycles. The van der Waals surface area contributed by atoms with Crippen LogP contribution in [0.2, 0.25) is 0 Å². The quantitative estimate of drug-likeness (QED) is 0.684. The summed E-state index contributed by atoms with van der Waals surface area (Å²) in [7, 11) is 0. The molecule has 22 heavy (non-hydrogen) atoms. The first kappa shape index (κ1) is 18.5. The van der Waals surface area contributed by atoms with E-state index < -0.39 is 6.04 Å². The van der Waals surface area contributed by atoms with Crippen LogP contribution in [-0.4, -0.2) is 28.5 Å². The lowest BCUT2D eigenvalue weighted by Crippen LogP contribution is -2.44. The van der Waals surface area contributed by atoms with Crippen molar-refractivity contribution in [3.63, 3.8) is 0 Å². The van der Waals surface area contributed by atoms with E-state index in [1.165, 1.54) is 0 Å². The third-order valence-electron chi connectivity index (χ3n) is 3.89. The molecule has 2 unspecified atom stereocenters. The highest BCUT2D eigenvalue weighted by Gasteiger charge is 2.18. The number of carbonyl (C=O) groups is 1. The fourth-order valence-corrected chi connectivity index (χ4v) is 2.22. The van der Waals surface area contributed by atoms with Gasteiger partial charge in [-0.05, 0) is 24.5 Å². The average molecular weight is 325 g/mol. The lowest BCUT2D eigenvalue weighted by molar-refractivity contribution is -0.123. The highest BCUT2D eigenvalue weighted by Crippen LogP contribution is 2.11. The van der Waals surface area contributed by atoms with Crippen LogP contribution < -0.4 is 11.1 Å². The number of nitrogens with two attached hydrogens (primary N) is 1. The maximum absolute atomic E-state index is 11.8. The van der Waals surface area contributed by atoms with E-state index in [2.05, 4.69) is 15.3 Å². The summed E-state index contributed by atoms with van der Waals surface area (Å²) in [5.41, 5.74) is 7.92. The van der Waals surface area contributed by atoms with Crippen LogP contribution in [0.5, 0.6) is 0 Å². The van der Waals surface area contributed by atoms with Gasteiger partial charge in [0.2, 0.25) is 5.91 Å². The minimum Gasteiger partial charge on any atom is -0.355 e. The largest absolute Gasteiger partial charge is 0.355 e. The van der Waals surface area contributed by atoms with Crippen molar-refractivity contribution in [2.75, 3.05) is 6.54 Å². The van der Waals surface area contributed by atoms with Crippen LogP contribution >= 0.6 is 12.4 Å². The molecule has 1 aromatic carbocycles. The zero-order chi connectivity index (χ0) is 15.2. The Labute approximate surface area is 137 Å². The number of carbonyl (C=O) groups excluding carboxylic acids is 1. The Kier molecular flexibility index (Phi) is 7.35. The van der Waals surface area contributed by atoms with Gasteiger partial charge in [0, 0.05) is 13.0 Å². The normalized spacial score (nSPS) is 13.4. The van der Waals surface area contributed by atoms with Crippen LogP contribution in [-0.2, 0) is 11.2 Å². The van der Waals surface area contributed by atoms with Crippen LogP contribution in [0.25, 0.3) is 11.0 Å². The minimum absolute atomic E-state index is 0. The Morgan fingerprint density at radius 2 is 2.14 bits per heavy atom. The lowest BCUT2D eigenvalue weighted by Gasteiger charge is -2.17. The Morgan fingerprint density at radius 3 is 2.82 bits per heavy atom. The van der Waals surface area contributed by atoms with E-state index in [0.717, 1.165) is 36.1 Å². The van der Waals surface area contributed by atoms with E-state index in [0.29, 0.717) is 6.54 Å². The van der Waals surface area contributed by atoms with Crippen molar-refractivity contribution >= 4 is 29.3 Å². The number of benzene rings is 1. The predicted molar refractivity (Wildman–Crippen MR) is 92.1 cm³/mol. The van der Waals surface area contributed by atoms with E-state index in [-0.39, 0.29) is 24.2 Å². The second kappa shape index (κ2) is 8.76. The molecule has 0 aliphatic rings. The number of amides is 1. The molecule has 2 aromatic rings. The second-order valence-corrected chi connectivity index (χ2v) is 5.51. The number of aryl methyl sites for hydroxylation is 1. The van der Waals surface area contributed by atoms with Crippen molar-refractivity contribution in [3.8, 4) is 0 Å². The summed E-state index contributed by atoms with van der Waals surface area (Å²) in [4.78, 5) is 19.6. The van der Waals surface area contributed by atoms with Crippen molar-refractivity contribution < 1.29 is 4.79 Å². The number of nitrogens with one attached hydrogen (secondary N) is 2. The first-order valence-electron chi connectivity index (χ1n) is 7.58. The number of hydrogen-bond donors (Lipinski definition) is 3. The molecule has 1 aromatic heterocycles. The van der Waals surface area contributed by atoms with Crippen LogP contribution in [0.1, 0.15) is 32.5 Å². The molecule has 0 saturated carbocycles. The molecule has 6 heteroatoms. The zero-order valence-electron chi connectivity index (χ0n) is 13.1. The molecule has 1 heterocycles. The minimum atomic E-state index is -0.416. The van der Waals surface area contributed by atoms with E-state index in [1.54, 1.807) is 0 Å². The van der Waals surface area contributed by atoms with Crippen molar-refractivity contribution in [1.29, 1.82) is 0 Å². The maximum Gasteiger partial charge on any atom is 0.237 e. The highest BCUT2D eigenvalue weighted by molar-refractivity contribution is 5.85. The molecule has 1 amide bonds. The SMILES string of the molecule is CCC(C)C(N)C(=O)NCCCc1nc2ccccc2[nH]1.Cl. The third-order valence-corrected chi connectivity index (χ3v) is 3.89. The number of imidazole rings is 1. The summed E-state index contributed by atoms with van der Waals surface area (Å²) < 4.78 is 0. The standard InChI is InChI=1S/C16H24N4O.ClH/c1-3-11(2)15(17)16(21)18-10-6-9-14-19-12-7-4-5-8-13(12)20-14;/h4-5,7-8,11,15H,3,6,9-10,17H2,1-2H3,(H,18,21)(H,19,20);1H. The molecular weight excluding hydrogens is 300 g/mol. The number of para-hydroxylation sites is 2. The summed E-state index contributed by atoms with van der Waals surface area (Å²) in [6, 6.07) is 7.55. The van der Waals surface area contributed by atoms with Crippen LogP contribution in [0.3, 0.4) is 0 Å². The molecule has 2 rings (SSSR count). The molecule has 0 aliphatic heterocycles. The fourth-order valence-electron chi connectivity index (χ4n) is 2.22. The van der Waals surface area contributed by atoms with E-state index in [1.807, 2.05) is 38.1 Å². The van der Waals surface area contributed by atoms with Gasteiger partial charge in [-0.25, -0.2) is 4.98 Å². The third kappa shape index (κ3) is 4.71. The van der Waals surface area contributed by atoms with Gasteiger partial charge in [-0.1, -0.05) is 32.4 Å². The predicted octanol–water partition coefficient (Wildman–Crippen LogP) is 2.41. The molecule has 5 nitrogen and oxygen atoms in total. The van der Waals surface area contributed by atoms with Gasteiger partial charge in [-0.3, -0.25) is 4.79 Å². The summed E-state index contributed by atoms with van der Waals surface area (Å²) >= 11 is 0. The summed E-state index contributed by atoms with van der Waals surface area (Å²) in [5, 5.41) is 2.90. The number of hydrogen-bond acceptors (Lipinski definition) is 3. The number of fused-ring (bicyclic) bond motifs is 1. The molecule has 0 fully saturated rings. The molecule has 0 radical (unpaired) electrons. The number of H-pyrrole nitrogens is 1. The monoisotopic (exact) mass is 324 g/mol. The first-order chi connectivity index (χ1) is 10.1. The first-order valence-corrected chi connectivity index (χ1v) is 7.58. The topological polar surface area (TPSA) is 83.8 Å². The van der Waals surface area contributed by atoms with E-state index in [4.69, 9.17) is 5.73 Å². The van der Waals surface area contributed by atoms with Gasteiger partial charge in [0.15, 0.2) is 0 Å². The molecule has 0 bridgehead atoms. The Hall–Kier alpha value is -1.59. The fraction of sp³-hybridized carbons (Fsp3) is 0.500. The molecule has 122 valence electrons. The number of rotatable bonds is 7. The van der Waals surface area contributed by atoms with Gasteiger partial charge < -0.3 is 16.0 Å². The van der Waals surface area contributed by atoms with Crippen LogP contribution in [0.4, 0.5) is 0 Å². The molecule has 4 N–H and O–H groups in total.